The number of hydrogen-bond acceptors (Lipinski definition) is 2. The van der Waals surface area contributed by atoms with Crippen molar-refractivity contribution >= 4 is 23.2 Å². The largest absolute Gasteiger partial charge is 0.381 e. The van der Waals surface area contributed by atoms with Gasteiger partial charge in [-0.2, -0.15) is 0 Å². The Hall–Kier alpha value is -0.280. The first-order valence-electron chi connectivity index (χ1n) is 6.96. The van der Waals surface area contributed by atoms with E-state index >= 15 is 0 Å². The fourth-order valence-corrected chi connectivity index (χ4v) is 3.06. The van der Waals surface area contributed by atoms with Crippen LogP contribution in [0.5, 0.6) is 0 Å². The fraction of sp³-hybridized carbons (Fsp3) is 0.600. The fourth-order valence-electron chi connectivity index (χ4n) is 2.52. The van der Waals surface area contributed by atoms with Crippen LogP contribution in [-0.2, 0) is 4.74 Å². The van der Waals surface area contributed by atoms with E-state index < -0.39 is 0 Å². The molecule has 0 amide bonds. The number of nitrogens with one attached hydrogen (secondary N) is 1. The van der Waals surface area contributed by atoms with Gasteiger partial charge in [-0.25, -0.2) is 0 Å². The molecule has 1 heterocycles. The Labute approximate surface area is 125 Å². The average molecular weight is 302 g/mol. The SMILES string of the molecule is CCC(NCC1CCOCC1)c1ccc(Cl)cc1Cl. The Kier molecular flexibility index (Phi) is 5.96. The molecule has 19 heavy (non-hydrogen) atoms. The third-order valence-electron chi connectivity index (χ3n) is 3.74. The van der Waals surface area contributed by atoms with Crippen molar-refractivity contribution in [3.63, 3.8) is 0 Å². The van der Waals surface area contributed by atoms with Gasteiger partial charge in [0, 0.05) is 29.3 Å². The molecule has 0 spiro atoms. The first-order valence-corrected chi connectivity index (χ1v) is 7.72. The summed E-state index contributed by atoms with van der Waals surface area (Å²) in [4.78, 5) is 0. The maximum absolute atomic E-state index is 6.28. The topological polar surface area (TPSA) is 21.3 Å². The van der Waals surface area contributed by atoms with Gasteiger partial charge >= 0.3 is 0 Å². The molecule has 2 rings (SSSR count). The average Bonchev–Trinajstić information content (AvgIpc) is 2.42. The Morgan fingerprint density at radius 2 is 2.05 bits per heavy atom. The zero-order valence-electron chi connectivity index (χ0n) is 11.3. The lowest BCUT2D eigenvalue weighted by atomic mass is 9.98. The highest BCUT2D eigenvalue weighted by molar-refractivity contribution is 6.35. The van der Waals surface area contributed by atoms with E-state index in [1.54, 1.807) is 0 Å². The lowest BCUT2D eigenvalue weighted by Gasteiger charge is -2.26. The monoisotopic (exact) mass is 301 g/mol. The van der Waals surface area contributed by atoms with Crippen LogP contribution >= 0.6 is 23.2 Å². The highest BCUT2D eigenvalue weighted by atomic mass is 35.5. The predicted molar refractivity (Wildman–Crippen MR) is 81.0 cm³/mol. The number of halogens is 2. The Balaban J connectivity index is 1.95. The predicted octanol–water partition coefficient (Wildman–Crippen LogP) is 4.46. The molecular formula is C15H21Cl2NO. The number of hydrogen-bond donors (Lipinski definition) is 1. The van der Waals surface area contributed by atoms with Gasteiger partial charge in [0.2, 0.25) is 0 Å². The molecule has 1 saturated heterocycles. The van der Waals surface area contributed by atoms with E-state index in [1.165, 1.54) is 0 Å². The lowest BCUT2D eigenvalue weighted by molar-refractivity contribution is 0.0654. The molecule has 0 saturated carbocycles. The maximum Gasteiger partial charge on any atom is 0.0469 e. The van der Waals surface area contributed by atoms with Gasteiger partial charge in [-0.05, 0) is 49.4 Å². The van der Waals surface area contributed by atoms with Crippen molar-refractivity contribution in [2.45, 2.75) is 32.2 Å². The van der Waals surface area contributed by atoms with Gasteiger partial charge in [0.05, 0.1) is 0 Å². The van der Waals surface area contributed by atoms with Crippen LogP contribution in [0.3, 0.4) is 0 Å². The van der Waals surface area contributed by atoms with E-state index in [9.17, 15) is 0 Å². The van der Waals surface area contributed by atoms with E-state index in [-0.39, 0.29) is 0 Å². The van der Waals surface area contributed by atoms with Gasteiger partial charge in [-0.1, -0.05) is 36.2 Å². The quantitative estimate of drug-likeness (QED) is 0.867. The summed E-state index contributed by atoms with van der Waals surface area (Å²) in [6.45, 7) is 4.99. The van der Waals surface area contributed by atoms with Crippen LogP contribution in [0.1, 0.15) is 37.8 Å². The van der Waals surface area contributed by atoms with Crippen molar-refractivity contribution in [1.82, 2.24) is 5.32 Å². The third kappa shape index (κ3) is 4.35. The molecule has 0 radical (unpaired) electrons. The molecule has 0 aliphatic carbocycles. The number of ether oxygens (including phenoxy) is 1. The van der Waals surface area contributed by atoms with Crippen LogP contribution < -0.4 is 5.32 Å². The van der Waals surface area contributed by atoms with Crippen molar-refractivity contribution in [3.05, 3.63) is 33.8 Å². The molecule has 1 N–H and O–H groups in total. The molecule has 1 fully saturated rings. The molecule has 4 heteroatoms. The van der Waals surface area contributed by atoms with Crippen molar-refractivity contribution in [1.29, 1.82) is 0 Å². The lowest BCUT2D eigenvalue weighted by Crippen LogP contribution is -2.30. The van der Waals surface area contributed by atoms with E-state index in [1.807, 2.05) is 18.2 Å². The molecule has 1 unspecified atom stereocenters. The van der Waals surface area contributed by atoms with E-state index in [0.29, 0.717) is 17.0 Å². The normalized spacial score (nSPS) is 18.5. The van der Waals surface area contributed by atoms with E-state index in [2.05, 4.69) is 12.2 Å². The van der Waals surface area contributed by atoms with Crippen LogP contribution in [0.2, 0.25) is 10.0 Å². The Morgan fingerprint density at radius 3 is 2.68 bits per heavy atom. The van der Waals surface area contributed by atoms with Crippen LogP contribution in [0.25, 0.3) is 0 Å². The summed E-state index contributed by atoms with van der Waals surface area (Å²) in [5.74, 6) is 0.717. The molecule has 1 aliphatic heterocycles. The standard InChI is InChI=1S/C15H21Cl2NO/c1-2-15(13-4-3-12(16)9-14(13)17)18-10-11-5-7-19-8-6-11/h3-4,9,11,15,18H,2,5-8,10H2,1H3. The molecule has 1 aromatic carbocycles. The van der Waals surface area contributed by atoms with Crippen LogP contribution in [0, 0.1) is 5.92 Å². The van der Waals surface area contributed by atoms with Gasteiger partial charge < -0.3 is 10.1 Å². The molecular weight excluding hydrogens is 281 g/mol. The summed E-state index contributed by atoms with van der Waals surface area (Å²) in [6.07, 6.45) is 3.32. The van der Waals surface area contributed by atoms with Gasteiger partial charge in [0.15, 0.2) is 0 Å². The number of rotatable bonds is 5. The summed E-state index contributed by atoms with van der Waals surface area (Å²) in [7, 11) is 0. The molecule has 2 nitrogen and oxygen atoms in total. The smallest absolute Gasteiger partial charge is 0.0469 e. The van der Waals surface area contributed by atoms with Crippen molar-refractivity contribution < 1.29 is 4.74 Å². The first kappa shape index (κ1) is 15.1. The zero-order valence-corrected chi connectivity index (χ0v) is 12.8. The minimum absolute atomic E-state index is 0.299. The summed E-state index contributed by atoms with van der Waals surface area (Å²) in [5, 5.41) is 5.07. The van der Waals surface area contributed by atoms with Gasteiger partial charge in [-0.3, -0.25) is 0 Å². The maximum atomic E-state index is 6.28. The van der Waals surface area contributed by atoms with Crippen molar-refractivity contribution in [3.8, 4) is 0 Å². The summed E-state index contributed by atoms with van der Waals surface area (Å²) >= 11 is 12.2. The third-order valence-corrected chi connectivity index (χ3v) is 4.30. The second-order valence-electron chi connectivity index (χ2n) is 5.09. The molecule has 0 aromatic heterocycles. The first-order chi connectivity index (χ1) is 9.20. The van der Waals surface area contributed by atoms with Gasteiger partial charge in [0.25, 0.3) is 0 Å². The zero-order chi connectivity index (χ0) is 13.7. The van der Waals surface area contributed by atoms with Crippen molar-refractivity contribution in [2.75, 3.05) is 19.8 Å². The molecule has 0 bridgehead atoms. The molecule has 106 valence electrons. The summed E-state index contributed by atoms with van der Waals surface area (Å²) < 4.78 is 5.39. The van der Waals surface area contributed by atoms with Crippen LogP contribution in [0.15, 0.2) is 18.2 Å². The van der Waals surface area contributed by atoms with Crippen LogP contribution in [-0.4, -0.2) is 19.8 Å². The van der Waals surface area contributed by atoms with Crippen LogP contribution in [0.4, 0.5) is 0 Å². The summed E-state index contributed by atoms with van der Waals surface area (Å²) in [5.41, 5.74) is 1.14. The highest BCUT2D eigenvalue weighted by Gasteiger charge is 2.17. The molecule has 1 aliphatic rings. The van der Waals surface area contributed by atoms with Crippen molar-refractivity contribution in [2.24, 2.45) is 5.92 Å². The second kappa shape index (κ2) is 7.49. The molecule has 1 atom stereocenters. The Morgan fingerprint density at radius 1 is 1.32 bits per heavy atom. The number of benzene rings is 1. The minimum atomic E-state index is 0.299. The minimum Gasteiger partial charge on any atom is -0.381 e. The second-order valence-corrected chi connectivity index (χ2v) is 5.93. The Bertz CT molecular complexity index is 405. The summed E-state index contributed by atoms with van der Waals surface area (Å²) in [6, 6.07) is 6.04. The van der Waals surface area contributed by atoms with Gasteiger partial charge in [0.1, 0.15) is 0 Å². The van der Waals surface area contributed by atoms with E-state index in [4.69, 9.17) is 27.9 Å². The highest BCUT2D eigenvalue weighted by Crippen LogP contribution is 2.28. The molecule has 1 aromatic rings. The van der Waals surface area contributed by atoms with E-state index in [0.717, 1.165) is 49.6 Å². The van der Waals surface area contributed by atoms with Gasteiger partial charge in [-0.15, -0.1) is 0 Å².